The van der Waals surface area contributed by atoms with Gasteiger partial charge in [-0.15, -0.1) is 0 Å². The Hall–Kier alpha value is -2.22. The Labute approximate surface area is 155 Å². The fourth-order valence-electron chi connectivity index (χ4n) is 1.86. The van der Waals surface area contributed by atoms with E-state index in [2.05, 4.69) is 10.6 Å². The maximum atomic E-state index is 13.1. The lowest BCUT2D eigenvalue weighted by atomic mass is 10.2. The van der Waals surface area contributed by atoms with Gasteiger partial charge in [0.05, 0.1) is 11.6 Å². The molecular weight excluding hydrogens is 367 g/mol. The number of anilines is 1. The molecule has 5 nitrogen and oxygen atoms in total. The van der Waals surface area contributed by atoms with Crippen LogP contribution in [0, 0.1) is 5.82 Å². The zero-order valence-electron chi connectivity index (χ0n) is 13.3. The van der Waals surface area contributed by atoms with Crippen molar-refractivity contribution in [3.05, 3.63) is 58.9 Å². The van der Waals surface area contributed by atoms with Gasteiger partial charge in [-0.05, 0) is 54.7 Å². The topological polar surface area (TPSA) is 59.6 Å². The summed E-state index contributed by atoms with van der Waals surface area (Å²) in [6, 6.07) is 10.6. The van der Waals surface area contributed by atoms with Gasteiger partial charge in [0.15, 0.2) is 5.11 Å². The molecule has 0 saturated heterocycles. The summed E-state index contributed by atoms with van der Waals surface area (Å²) < 4.78 is 23.4. The van der Waals surface area contributed by atoms with E-state index in [-0.39, 0.29) is 16.0 Å². The molecule has 0 atom stereocenters. The third-order valence-corrected chi connectivity index (χ3v) is 3.57. The van der Waals surface area contributed by atoms with Crippen LogP contribution in [0.5, 0.6) is 5.75 Å². The first-order valence-corrected chi connectivity index (χ1v) is 8.07. The molecule has 1 amide bonds. The highest BCUT2D eigenvalue weighted by atomic mass is 35.5. The Morgan fingerprint density at radius 1 is 1.20 bits per heavy atom. The third-order valence-electron chi connectivity index (χ3n) is 3.08. The minimum absolute atomic E-state index is 0.0387. The molecule has 0 fully saturated rings. The van der Waals surface area contributed by atoms with Crippen molar-refractivity contribution in [1.82, 2.24) is 5.32 Å². The summed E-state index contributed by atoms with van der Waals surface area (Å²) in [6.07, 6.45) is 0. The van der Waals surface area contributed by atoms with E-state index in [1.807, 2.05) is 0 Å². The van der Waals surface area contributed by atoms with Gasteiger partial charge in [-0.1, -0.05) is 11.6 Å². The fraction of sp³-hybridized carbons (Fsp3) is 0.176. The van der Waals surface area contributed by atoms with Crippen LogP contribution in [0.25, 0.3) is 0 Å². The Bertz CT molecular complexity index is 756. The molecule has 0 aliphatic heterocycles. The van der Waals surface area contributed by atoms with Gasteiger partial charge in [0.1, 0.15) is 18.2 Å². The Balaban J connectivity index is 1.89. The van der Waals surface area contributed by atoms with Crippen LogP contribution in [0.2, 0.25) is 5.02 Å². The number of nitrogens with one attached hydrogen (secondary N) is 2. The molecule has 2 N–H and O–H groups in total. The van der Waals surface area contributed by atoms with E-state index >= 15 is 0 Å². The fourth-order valence-corrected chi connectivity index (χ4v) is 2.25. The average Bonchev–Trinajstić information content (AvgIpc) is 2.59. The molecule has 132 valence electrons. The second-order valence-electron chi connectivity index (χ2n) is 4.90. The number of benzene rings is 2. The summed E-state index contributed by atoms with van der Waals surface area (Å²) in [5.74, 6) is -0.278. The number of carbonyl (C=O) groups excluding carboxylic acids is 1. The lowest BCUT2D eigenvalue weighted by Crippen LogP contribution is -2.34. The third kappa shape index (κ3) is 5.97. The molecule has 0 bridgehead atoms. The Morgan fingerprint density at radius 2 is 1.92 bits per heavy atom. The second kappa shape index (κ2) is 9.31. The number of rotatable bonds is 6. The highest BCUT2D eigenvalue weighted by Gasteiger charge is 2.09. The lowest BCUT2D eigenvalue weighted by molar-refractivity contribution is 0.0977. The highest BCUT2D eigenvalue weighted by molar-refractivity contribution is 7.80. The summed E-state index contributed by atoms with van der Waals surface area (Å²) in [5, 5.41) is 5.34. The van der Waals surface area contributed by atoms with E-state index in [4.69, 9.17) is 33.3 Å². The van der Waals surface area contributed by atoms with Crippen molar-refractivity contribution in [2.75, 3.05) is 25.6 Å². The second-order valence-corrected chi connectivity index (χ2v) is 5.72. The van der Waals surface area contributed by atoms with Gasteiger partial charge in [-0.3, -0.25) is 10.1 Å². The van der Waals surface area contributed by atoms with Crippen molar-refractivity contribution in [3.63, 3.8) is 0 Å². The number of methoxy groups -OCH3 is 1. The predicted molar refractivity (Wildman–Crippen MR) is 98.9 cm³/mol. The van der Waals surface area contributed by atoms with Crippen LogP contribution in [0.4, 0.5) is 10.1 Å². The zero-order chi connectivity index (χ0) is 18.2. The number of hydrogen-bond donors (Lipinski definition) is 2. The molecular formula is C17H16ClFN2O3S. The van der Waals surface area contributed by atoms with E-state index in [1.165, 1.54) is 18.2 Å². The maximum absolute atomic E-state index is 13.1. The van der Waals surface area contributed by atoms with Crippen molar-refractivity contribution in [1.29, 1.82) is 0 Å². The molecule has 0 radical (unpaired) electrons. The molecule has 2 rings (SSSR count). The van der Waals surface area contributed by atoms with Gasteiger partial charge in [-0.2, -0.15) is 0 Å². The van der Waals surface area contributed by atoms with Crippen LogP contribution < -0.4 is 15.4 Å². The number of ether oxygens (including phenoxy) is 2. The molecule has 0 heterocycles. The molecule has 0 spiro atoms. The quantitative estimate of drug-likeness (QED) is 0.590. The lowest BCUT2D eigenvalue weighted by Gasteiger charge is -2.10. The Kier molecular flexibility index (Phi) is 7.12. The maximum Gasteiger partial charge on any atom is 0.257 e. The average molecular weight is 383 g/mol. The smallest absolute Gasteiger partial charge is 0.257 e. The number of amides is 1. The molecule has 2 aromatic carbocycles. The van der Waals surface area contributed by atoms with E-state index in [9.17, 15) is 9.18 Å². The molecule has 0 aliphatic rings. The number of halogens is 2. The van der Waals surface area contributed by atoms with Crippen molar-refractivity contribution in [2.45, 2.75) is 0 Å². The number of thiocarbonyl (C=S) groups is 1. The van der Waals surface area contributed by atoms with Crippen LogP contribution >= 0.6 is 23.8 Å². The number of carbonyl (C=O) groups is 1. The first-order valence-electron chi connectivity index (χ1n) is 7.29. The molecule has 8 heteroatoms. The van der Waals surface area contributed by atoms with Gasteiger partial charge in [0, 0.05) is 18.4 Å². The minimum Gasteiger partial charge on any atom is -0.491 e. The summed E-state index contributed by atoms with van der Waals surface area (Å²) in [6.45, 7) is 0.909. The van der Waals surface area contributed by atoms with Crippen molar-refractivity contribution in [2.24, 2.45) is 0 Å². The van der Waals surface area contributed by atoms with Gasteiger partial charge >= 0.3 is 0 Å². The van der Waals surface area contributed by atoms with Crippen molar-refractivity contribution < 1.29 is 18.7 Å². The summed E-state index contributed by atoms with van der Waals surface area (Å²) >= 11 is 10.8. The monoisotopic (exact) mass is 382 g/mol. The van der Waals surface area contributed by atoms with E-state index in [1.54, 1.807) is 31.4 Å². The van der Waals surface area contributed by atoms with Crippen molar-refractivity contribution >= 4 is 40.5 Å². The van der Waals surface area contributed by atoms with E-state index < -0.39 is 5.82 Å². The molecule has 2 aromatic rings. The first-order chi connectivity index (χ1) is 12.0. The van der Waals surface area contributed by atoms with Crippen LogP contribution in [0.15, 0.2) is 42.5 Å². The largest absolute Gasteiger partial charge is 0.491 e. The highest BCUT2D eigenvalue weighted by Crippen LogP contribution is 2.19. The summed E-state index contributed by atoms with van der Waals surface area (Å²) in [4.78, 5) is 12.2. The number of hydrogen-bond acceptors (Lipinski definition) is 4. The first kappa shape index (κ1) is 19.1. The Morgan fingerprint density at radius 3 is 2.56 bits per heavy atom. The van der Waals surface area contributed by atoms with Gasteiger partial charge < -0.3 is 14.8 Å². The zero-order valence-corrected chi connectivity index (χ0v) is 14.9. The molecule has 0 saturated carbocycles. The summed E-state index contributed by atoms with van der Waals surface area (Å²) in [7, 11) is 1.59. The standard InChI is InChI=1S/C17H16ClFN2O3S/c1-23-8-9-24-13-5-2-11(3-6-13)16(22)21-17(25)20-12-4-7-15(19)14(18)10-12/h2-7,10H,8-9H2,1H3,(H2,20,21,22,25). The van der Waals surface area contributed by atoms with Crippen LogP contribution in [0.3, 0.4) is 0 Å². The molecule has 25 heavy (non-hydrogen) atoms. The van der Waals surface area contributed by atoms with Gasteiger partial charge in [0.2, 0.25) is 0 Å². The van der Waals surface area contributed by atoms with Crippen LogP contribution in [-0.2, 0) is 4.74 Å². The van der Waals surface area contributed by atoms with Crippen LogP contribution in [0.1, 0.15) is 10.4 Å². The van der Waals surface area contributed by atoms with E-state index in [0.29, 0.717) is 30.2 Å². The van der Waals surface area contributed by atoms with Crippen molar-refractivity contribution in [3.8, 4) is 5.75 Å². The van der Waals surface area contributed by atoms with Gasteiger partial charge in [-0.25, -0.2) is 4.39 Å². The molecule has 0 aromatic heterocycles. The molecule has 0 unspecified atom stereocenters. The minimum atomic E-state index is -0.532. The normalized spacial score (nSPS) is 10.2. The molecule has 0 aliphatic carbocycles. The predicted octanol–water partition coefficient (Wildman–Crippen LogP) is 3.63. The van der Waals surface area contributed by atoms with E-state index in [0.717, 1.165) is 0 Å². The van der Waals surface area contributed by atoms with Gasteiger partial charge in [0.25, 0.3) is 5.91 Å². The van der Waals surface area contributed by atoms with Crippen LogP contribution in [-0.4, -0.2) is 31.3 Å². The summed E-state index contributed by atoms with van der Waals surface area (Å²) in [5.41, 5.74) is 0.888. The SMILES string of the molecule is COCCOc1ccc(C(=O)NC(=S)Nc2ccc(F)c(Cl)c2)cc1.